The molecule has 0 aliphatic heterocycles. The van der Waals surface area contributed by atoms with Crippen LogP contribution in [-0.2, 0) is 20.1 Å². The number of ether oxygens (including phenoxy) is 1. The van der Waals surface area contributed by atoms with Gasteiger partial charge >= 0.3 is 11.9 Å². The fourth-order valence-electron chi connectivity index (χ4n) is 1.40. The molecule has 0 radical (unpaired) electrons. The van der Waals surface area contributed by atoms with E-state index in [2.05, 4.69) is 4.74 Å². The molecule has 0 saturated heterocycles. The summed E-state index contributed by atoms with van der Waals surface area (Å²) in [6.07, 6.45) is 3.08. The van der Waals surface area contributed by atoms with Crippen LogP contribution < -0.4 is 0 Å². The predicted molar refractivity (Wildman–Crippen MR) is 75.9 cm³/mol. The van der Waals surface area contributed by atoms with Crippen LogP contribution >= 0.6 is 11.8 Å². The van der Waals surface area contributed by atoms with E-state index in [4.69, 9.17) is 5.11 Å². The summed E-state index contributed by atoms with van der Waals surface area (Å²) >= 11 is 1.64. The van der Waals surface area contributed by atoms with Gasteiger partial charge in [-0.25, -0.2) is 4.79 Å². The minimum Gasteiger partial charge on any atom is -0.478 e. The van der Waals surface area contributed by atoms with E-state index in [1.807, 2.05) is 24.3 Å². The highest BCUT2D eigenvalue weighted by Gasteiger charge is 2.00. The number of methoxy groups -OCH3 is 1. The van der Waals surface area contributed by atoms with Crippen LogP contribution in [0.25, 0.3) is 6.08 Å². The number of esters is 1. The molecule has 0 heterocycles. The topological polar surface area (TPSA) is 63.6 Å². The van der Waals surface area contributed by atoms with Crippen LogP contribution in [-0.4, -0.2) is 29.9 Å². The number of aliphatic carboxylic acids is 1. The van der Waals surface area contributed by atoms with Crippen molar-refractivity contribution < 1.29 is 19.4 Å². The number of benzene rings is 1. The molecule has 1 aromatic rings. The third kappa shape index (κ3) is 6.67. The summed E-state index contributed by atoms with van der Waals surface area (Å²) in [5, 5.41) is 8.56. The van der Waals surface area contributed by atoms with Crippen LogP contribution in [0.4, 0.5) is 0 Å². The highest BCUT2D eigenvalue weighted by Crippen LogP contribution is 2.15. The molecule has 0 fully saturated rings. The van der Waals surface area contributed by atoms with Crippen molar-refractivity contribution in [3.8, 4) is 0 Å². The van der Waals surface area contributed by atoms with E-state index >= 15 is 0 Å². The van der Waals surface area contributed by atoms with Gasteiger partial charge in [0.05, 0.1) is 13.5 Å². The Morgan fingerprint density at radius 1 is 1.42 bits per heavy atom. The lowest BCUT2D eigenvalue weighted by atomic mass is 10.1. The summed E-state index contributed by atoms with van der Waals surface area (Å²) in [6, 6.07) is 7.65. The zero-order chi connectivity index (χ0) is 14.1. The first-order valence-electron chi connectivity index (χ1n) is 5.76. The van der Waals surface area contributed by atoms with Gasteiger partial charge in [-0.2, -0.15) is 11.8 Å². The van der Waals surface area contributed by atoms with Crippen LogP contribution in [0, 0.1) is 0 Å². The number of carboxylic acids is 1. The van der Waals surface area contributed by atoms with Crippen molar-refractivity contribution in [3.05, 3.63) is 41.5 Å². The summed E-state index contributed by atoms with van der Waals surface area (Å²) < 4.78 is 4.56. The molecular weight excluding hydrogens is 264 g/mol. The van der Waals surface area contributed by atoms with Crippen molar-refractivity contribution >= 4 is 29.8 Å². The minimum atomic E-state index is -0.960. The third-order valence-corrected chi connectivity index (χ3v) is 3.35. The van der Waals surface area contributed by atoms with Crippen LogP contribution in [0.2, 0.25) is 0 Å². The van der Waals surface area contributed by atoms with Crippen molar-refractivity contribution in [1.29, 1.82) is 0 Å². The molecule has 0 unspecified atom stereocenters. The molecule has 0 bridgehead atoms. The van der Waals surface area contributed by atoms with Crippen molar-refractivity contribution in [3.63, 3.8) is 0 Å². The van der Waals surface area contributed by atoms with Crippen LogP contribution in [0.1, 0.15) is 17.5 Å². The maximum absolute atomic E-state index is 10.9. The molecule has 0 aliphatic rings. The van der Waals surface area contributed by atoms with Crippen LogP contribution in [0.15, 0.2) is 30.3 Å². The number of rotatable bonds is 7. The number of carbonyl (C=O) groups is 2. The minimum absolute atomic E-state index is 0.203. The first-order valence-corrected chi connectivity index (χ1v) is 6.92. The van der Waals surface area contributed by atoms with E-state index in [1.54, 1.807) is 17.8 Å². The molecule has 5 heteroatoms. The Labute approximate surface area is 116 Å². The van der Waals surface area contributed by atoms with Gasteiger partial charge in [0.15, 0.2) is 0 Å². The zero-order valence-electron chi connectivity index (χ0n) is 10.7. The van der Waals surface area contributed by atoms with E-state index in [0.29, 0.717) is 12.2 Å². The standard InChI is InChI=1S/C14H16O4S/c1-18-14(17)7-8-19-10-12-4-2-3-11(9-12)5-6-13(15)16/h2-6,9H,7-8,10H2,1H3,(H,15,16). The summed E-state index contributed by atoms with van der Waals surface area (Å²) in [5.41, 5.74) is 1.95. The van der Waals surface area contributed by atoms with Gasteiger partial charge in [0.2, 0.25) is 0 Å². The van der Waals surface area contributed by atoms with Crippen molar-refractivity contribution in [2.75, 3.05) is 12.9 Å². The molecule has 1 N–H and O–H groups in total. The summed E-state index contributed by atoms with van der Waals surface area (Å²) in [5.74, 6) is 0.330. The maximum Gasteiger partial charge on any atom is 0.328 e. The normalized spacial score (nSPS) is 10.6. The summed E-state index contributed by atoms with van der Waals surface area (Å²) in [7, 11) is 1.38. The molecule has 0 amide bonds. The van der Waals surface area contributed by atoms with Gasteiger partial charge in [-0.05, 0) is 17.2 Å². The van der Waals surface area contributed by atoms with Gasteiger partial charge in [-0.1, -0.05) is 24.3 Å². The second-order valence-corrected chi connectivity index (χ2v) is 4.90. The third-order valence-electron chi connectivity index (χ3n) is 2.32. The first kappa shape index (κ1) is 15.3. The molecule has 4 nitrogen and oxygen atoms in total. The Hall–Kier alpha value is -1.75. The monoisotopic (exact) mass is 280 g/mol. The van der Waals surface area contributed by atoms with Crippen molar-refractivity contribution in [1.82, 2.24) is 0 Å². The Balaban J connectivity index is 2.44. The Kier molecular flexibility index (Phi) is 6.74. The quantitative estimate of drug-likeness (QED) is 0.472. The number of hydrogen-bond acceptors (Lipinski definition) is 4. The highest BCUT2D eigenvalue weighted by atomic mass is 32.2. The maximum atomic E-state index is 10.9. The predicted octanol–water partition coefficient (Wildman–Crippen LogP) is 2.58. The molecular formula is C14H16O4S. The van der Waals surface area contributed by atoms with Gasteiger partial charge in [0, 0.05) is 17.6 Å². The summed E-state index contributed by atoms with van der Waals surface area (Å²) in [4.78, 5) is 21.4. The number of carbonyl (C=O) groups excluding carboxylic acids is 1. The first-order chi connectivity index (χ1) is 9.11. The molecule has 0 saturated carbocycles. The second-order valence-electron chi connectivity index (χ2n) is 3.80. The average Bonchev–Trinajstić information content (AvgIpc) is 2.41. The van der Waals surface area contributed by atoms with Crippen molar-refractivity contribution in [2.45, 2.75) is 12.2 Å². The molecule has 1 aromatic carbocycles. The fraction of sp³-hybridized carbons (Fsp3) is 0.286. The van der Waals surface area contributed by atoms with Gasteiger partial charge < -0.3 is 9.84 Å². The van der Waals surface area contributed by atoms with E-state index < -0.39 is 5.97 Å². The molecule has 0 aliphatic carbocycles. The highest BCUT2D eigenvalue weighted by molar-refractivity contribution is 7.98. The largest absolute Gasteiger partial charge is 0.478 e. The van der Waals surface area contributed by atoms with Crippen LogP contribution in [0.5, 0.6) is 0 Å². The Morgan fingerprint density at radius 2 is 2.21 bits per heavy atom. The molecule has 0 spiro atoms. The molecule has 0 atom stereocenters. The molecule has 102 valence electrons. The lowest BCUT2D eigenvalue weighted by Crippen LogP contribution is -2.01. The molecule has 19 heavy (non-hydrogen) atoms. The Bertz CT molecular complexity index is 468. The zero-order valence-corrected chi connectivity index (χ0v) is 11.5. The van der Waals surface area contributed by atoms with Gasteiger partial charge in [-0.15, -0.1) is 0 Å². The average molecular weight is 280 g/mol. The van der Waals surface area contributed by atoms with E-state index in [1.165, 1.54) is 7.11 Å². The van der Waals surface area contributed by atoms with E-state index in [9.17, 15) is 9.59 Å². The van der Waals surface area contributed by atoms with Crippen LogP contribution in [0.3, 0.4) is 0 Å². The lowest BCUT2D eigenvalue weighted by Gasteiger charge is -2.03. The lowest BCUT2D eigenvalue weighted by molar-refractivity contribution is -0.140. The molecule has 1 rings (SSSR count). The van der Waals surface area contributed by atoms with Gasteiger partial charge in [-0.3, -0.25) is 4.79 Å². The SMILES string of the molecule is COC(=O)CCSCc1cccc(C=CC(=O)O)c1. The van der Waals surface area contributed by atoms with Crippen molar-refractivity contribution in [2.24, 2.45) is 0 Å². The van der Waals surface area contributed by atoms with Gasteiger partial charge in [0.1, 0.15) is 0 Å². The number of hydrogen-bond donors (Lipinski definition) is 1. The Morgan fingerprint density at radius 3 is 2.89 bits per heavy atom. The molecule has 0 aromatic heterocycles. The smallest absolute Gasteiger partial charge is 0.328 e. The number of carboxylic acid groups (broad SMARTS) is 1. The van der Waals surface area contributed by atoms with Gasteiger partial charge in [0.25, 0.3) is 0 Å². The van der Waals surface area contributed by atoms with E-state index in [-0.39, 0.29) is 5.97 Å². The number of thioether (sulfide) groups is 1. The van der Waals surface area contributed by atoms with E-state index in [0.717, 1.165) is 23.0 Å². The second kappa shape index (κ2) is 8.37. The summed E-state index contributed by atoms with van der Waals surface area (Å²) in [6.45, 7) is 0. The fourth-order valence-corrected chi connectivity index (χ4v) is 2.27.